The summed E-state index contributed by atoms with van der Waals surface area (Å²) in [5.41, 5.74) is 5.20. The second kappa shape index (κ2) is 17.6. The van der Waals surface area contributed by atoms with Gasteiger partial charge in [0.15, 0.2) is 11.6 Å². The monoisotopic (exact) mass is 760 g/mol. The summed E-state index contributed by atoms with van der Waals surface area (Å²) in [4.78, 5) is 33.0. The summed E-state index contributed by atoms with van der Waals surface area (Å²) in [6, 6.07) is 16.4. The van der Waals surface area contributed by atoms with E-state index < -0.39 is 11.7 Å². The Balaban J connectivity index is 0.000000169. The van der Waals surface area contributed by atoms with Crippen LogP contribution in [0.1, 0.15) is 76.2 Å². The van der Waals surface area contributed by atoms with E-state index in [1.165, 1.54) is 17.5 Å². The molecule has 294 valence electrons. The van der Waals surface area contributed by atoms with Crippen LogP contribution in [0.25, 0.3) is 0 Å². The minimum absolute atomic E-state index is 0.125. The van der Waals surface area contributed by atoms with E-state index in [9.17, 15) is 27.2 Å². The number of ketones is 2. The Morgan fingerprint density at radius 2 is 1.07 bits per heavy atom. The molecule has 2 aromatic heterocycles. The molecule has 0 radical (unpaired) electrons. The Kier molecular flexibility index (Phi) is 12.4. The molecule has 0 saturated carbocycles. The predicted molar refractivity (Wildman–Crippen MR) is 208 cm³/mol. The Hall–Kier alpha value is -4.42. The zero-order valence-corrected chi connectivity index (χ0v) is 31.6. The largest absolute Gasteiger partial charge is 0.416 e. The summed E-state index contributed by atoms with van der Waals surface area (Å²) in [5, 5.41) is 0. The minimum Gasteiger partial charge on any atom is -0.369 e. The van der Waals surface area contributed by atoms with E-state index in [-0.39, 0.29) is 11.6 Å². The third-order valence-electron chi connectivity index (χ3n) is 11.7. The second-order valence-corrected chi connectivity index (χ2v) is 15.2. The van der Waals surface area contributed by atoms with Gasteiger partial charge in [-0.1, -0.05) is 12.1 Å². The van der Waals surface area contributed by atoms with Crippen molar-refractivity contribution in [2.75, 3.05) is 75.2 Å². The number of hydrogen-bond acceptors (Lipinski definition) is 6. The number of aryl methyl sites for hydroxylation is 1. The van der Waals surface area contributed by atoms with Crippen molar-refractivity contribution in [3.05, 3.63) is 107 Å². The molecule has 4 aromatic rings. The summed E-state index contributed by atoms with van der Waals surface area (Å²) >= 11 is 0. The van der Waals surface area contributed by atoms with Gasteiger partial charge in [0.2, 0.25) is 0 Å². The molecule has 8 rings (SSSR count). The van der Waals surface area contributed by atoms with Crippen molar-refractivity contribution >= 4 is 22.9 Å². The molecule has 55 heavy (non-hydrogen) atoms. The van der Waals surface area contributed by atoms with Crippen molar-refractivity contribution in [1.29, 1.82) is 0 Å². The van der Waals surface area contributed by atoms with Crippen LogP contribution in [0.2, 0.25) is 0 Å². The molecule has 0 bridgehead atoms. The number of fused-ring (bicyclic) bond motifs is 2. The summed E-state index contributed by atoms with van der Waals surface area (Å²) in [5.74, 6) is 0.437. The van der Waals surface area contributed by atoms with Crippen LogP contribution >= 0.6 is 0 Å². The van der Waals surface area contributed by atoms with Crippen LogP contribution in [0.15, 0.2) is 73.1 Å². The molecule has 0 atom stereocenters. The van der Waals surface area contributed by atoms with Crippen molar-refractivity contribution in [1.82, 2.24) is 18.9 Å². The summed E-state index contributed by atoms with van der Waals surface area (Å²) in [7, 11) is 0. The number of Topliss-reactive ketones (excluding diaryl/α,β-unsaturated/α-hetero) is 2. The Labute approximate surface area is 321 Å². The molecule has 2 fully saturated rings. The van der Waals surface area contributed by atoms with Gasteiger partial charge >= 0.3 is 6.18 Å². The van der Waals surface area contributed by atoms with Crippen LogP contribution in [-0.2, 0) is 32.1 Å². The fourth-order valence-corrected chi connectivity index (χ4v) is 8.47. The quantitative estimate of drug-likeness (QED) is 0.123. The number of hydrogen-bond donors (Lipinski definition) is 0. The van der Waals surface area contributed by atoms with Crippen LogP contribution in [-0.4, -0.2) is 95.9 Å². The van der Waals surface area contributed by atoms with E-state index in [0.717, 1.165) is 152 Å². The van der Waals surface area contributed by atoms with E-state index >= 15 is 0 Å². The number of alkyl halides is 3. The van der Waals surface area contributed by atoms with Gasteiger partial charge in [-0.3, -0.25) is 19.4 Å². The zero-order chi connectivity index (χ0) is 38.4. The number of rotatable bonds is 10. The maximum absolute atomic E-state index is 13.9. The SMILES string of the molecule is O=C1CCCc2c1ccn2CCCCN1CCN(c2ccccc2F)CC1.O=C1CCCc2c1ccn2CCN1CCN(c2ccc(C(F)(F)F)cc2)CC1. The number of halogens is 4. The lowest BCUT2D eigenvalue weighted by Crippen LogP contribution is -2.47. The molecule has 0 amide bonds. The lowest BCUT2D eigenvalue weighted by atomic mass is 9.97. The van der Waals surface area contributed by atoms with Crippen molar-refractivity contribution in [3.63, 3.8) is 0 Å². The molecule has 2 aliphatic carbocycles. The van der Waals surface area contributed by atoms with Gasteiger partial charge in [-0.05, 0) is 93.6 Å². The highest BCUT2D eigenvalue weighted by Crippen LogP contribution is 2.31. The van der Waals surface area contributed by atoms with E-state index in [1.54, 1.807) is 18.2 Å². The van der Waals surface area contributed by atoms with Gasteiger partial charge in [-0.2, -0.15) is 13.2 Å². The smallest absolute Gasteiger partial charge is 0.369 e. The van der Waals surface area contributed by atoms with Crippen LogP contribution in [0.4, 0.5) is 28.9 Å². The van der Waals surface area contributed by atoms with E-state index in [0.29, 0.717) is 18.6 Å². The lowest BCUT2D eigenvalue weighted by Gasteiger charge is -2.36. The molecule has 2 saturated heterocycles. The molecule has 0 spiro atoms. The molecule has 2 aromatic carbocycles. The first-order valence-corrected chi connectivity index (χ1v) is 19.9. The fourth-order valence-electron chi connectivity index (χ4n) is 8.47. The first kappa shape index (κ1) is 38.8. The van der Waals surface area contributed by atoms with Gasteiger partial charge in [0, 0.05) is 125 Å². The zero-order valence-electron chi connectivity index (χ0n) is 31.6. The molecule has 4 aliphatic rings. The predicted octanol–water partition coefficient (Wildman–Crippen LogP) is 7.60. The second-order valence-electron chi connectivity index (χ2n) is 15.2. The van der Waals surface area contributed by atoms with Crippen LogP contribution in [0.3, 0.4) is 0 Å². The molecular weight excluding hydrogens is 709 g/mol. The molecule has 4 heterocycles. The van der Waals surface area contributed by atoms with Gasteiger partial charge in [-0.25, -0.2) is 4.39 Å². The van der Waals surface area contributed by atoms with Crippen molar-refractivity contribution in [3.8, 4) is 0 Å². The van der Waals surface area contributed by atoms with Gasteiger partial charge in [0.05, 0.1) is 11.3 Å². The number of carbonyl (C=O) groups is 2. The van der Waals surface area contributed by atoms with E-state index in [1.807, 2.05) is 30.5 Å². The topological polar surface area (TPSA) is 57.0 Å². The summed E-state index contributed by atoms with van der Waals surface area (Å²) in [6.45, 7) is 11.0. The van der Waals surface area contributed by atoms with Crippen molar-refractivity contribution < 1.29 is 27.2 Å². The van der Waals surface area contributed by atoms with Gasteiger partial charge < -0.3 is 18.9 Å². The average molecular weight is 761 g/mol. The third-order valence-corrected chi connectivity index (χ3v) is 11.7. The number of piperazine rings is 2. The number of carbonyl (C=O) groups excluding carboxylic acids is 2. The highest BCUT2D eigenvalue weighted by Gasteiger charge is 2.30. The Bertz CT molecular complexity index is 1900. The summed E-state index contributed by atoms with van der Waals surface area (Å²) in [6.07, 6.45) is 7.38. The highest BCUT2D eigenvalue weighted by atomic mass is 19.4. The Morgan fingerprint density at radius 3 is 1.65 bits per heavy atom. The van der Waals surface area contributed by atoms with Gasteiger partial charge in [-0.15, -0.1) is 0 Å². The van der Waals surface area contributed by atoms with Crippen LogP contribution in [0.5, 0.6) is 0 Å². The first-order chi connectivity index (χ1) is 26.6. The molecular formula is C43H52F4N6O2. The number of unbranched alkanes of at least 4 members (excludes halogenated alkanes) is 1. The number of benzene rings is 2. The Morgan fingerprint density at radius 1 is 0.545 bits per heavy atom. The van der Waals surface area contributed by atoms with Crippen molar-refractivity contribution in [2.45, 2.75) is 70.6 Å². The lowest BCUT2D eigenvalue weighted by molar-refractivity contribution is -0.137. The van der Waals surface area contributed by atoms with Crippen LogP contribution in [0, 0.1) is 5.82 Å². The molecule has 2 aliphatic heterocycles. The normalized spacial score (nSPS) is 18.2. The third kappa shape index (κ3) is 9.52. The van der Waals surface area contributed by atoms with Gasteiger partial charge in [0.25, 0.3) is 0 Å². The molecule has 12 heteroatoms. The number of aromatic nitrogens is 2. The summed E-state index contributed by atoms with van der Waals surface area (Å²) < 4.78 is 56.5. The maximum Gasteiger partial charge on any atom is 0.416 e. The average Bonchev–Trinajstić information content (AvgIpc) is 3.82. The molecule has 0 unspecified atom stereocenters. The molecule has 8 nitrogen and oxygen atoms in total. The minimum atomic E-state index is -4.29. The number of para-hydroxylation sites is 1. The van der Waals surface area contributed by atoms with Crippen LogP contribution < -0.4 is 9.80 Å². The van der Waals surface area contributed by atoms with Crippen molar-refractivity contribution in [2.24, 2.45) is 0 Å². The number of anilines is 2. The standard InChI is InChI=1S/C22H28FN3O.C21H24F3N3O/c23-19-6-1-2-7-21(19)26-16-14-24(15-17-26)11-3-4-12-25-13-10-18-20(25)8-5-9-22(18)27;22-21(23,24)16-4-6-17(7-5-16)26-13-10-25(11-14-26)12-15-27-9-8-18-19(27)2-1-3-20(18)28/h1-2,6-7,10,13H,3-5,8-9,11-12,14-17H2;4-9H,1-3,10-15H2. The first-order valence-electron chi connectivity index (χ1n) is 19.9. The molecule has 0 N–H and O–H groups in total. The van der Waals surface area contributed by atoms with E-state index in [2.05, 4.69) is 34.9 Å². The maximum atomic E-state index is 13.9. The van der Waals surface area contributed by atoms with E-state index in [4.69, 9.17) is 0 Å². The number of nitrogens with zero attached hydrogens (tertiary/aromatic N) is 6. The highest BCUT2D eigenvalue weighted by molar-refractivity contribution is 5.98. The fraction of sp³-hybridized carbons (Fsp3) is 0.488. The van der Waals surface area contributed by atoms with Gasteiger partial charge in [0.1, 0.15) is 5.82 Å².